The molecule has 4 aromatic rings. The summed E-state index contributed by atoms with van der Waals surface area (Å²) in [6.07, 6.45) is 1.45. The molecular weight excluding hydrogens is 368 g/mol. The number of hydrogen-bond donors (Lipinski definition) is 1. The number of anilines is 1. The highest BCUT2D eigenvalue weighted by Gasteiger charge is 2.34. The molecule has 1 N–H and O–H groups in total. The van der Waals surface area contributed by atoms with E-state index >= 15 is 0 Å². The summed E-state index contributed by atoms with van der Waals surface area (Å²) in [7, 11) is 0. The fourth-order valence-corrected chi connectivity index (χ4v) is 3.59. The van der Waals surface area contributed by atoms with E-state index in [4.69, 9.17) is 0 Å². The molecule has 1 amide bonds. The van der Waals surface area contributed by atoms with Crippen molar-refractivity contribution in [2.45, 2.75) is 19.3 Å². The van der Waals surface area contributed by atoms with Gasteiger partial charge in [0.25, 0.3) is 0 Å². The average Bonchev–Trinajstić information content (AvgIpc) is 3.27. The van der Waals surface area contributed by atoms with Gasteiger partial charge in [0.05, 0.1) is 5.69 Å². The Morgan fingerprint density at radius 1 is 1.18 bits per heavy atom. The van der Waals surface area contributed by atoms with Crippen LogP contribution >= 0.6 is 0 Å². The lowest BCUT2D eigenvalue weighted by molar-refractivity contribution is -0.116. The Morgan fingerprint density at radius 2 is 2.04 bits per heavy atom. The number of benzene rings is 1. The van der Waals surface area contributed by atoms with Gasteiger partial charge >= 0.3 is 0 Å². The van der Waals surface area contributed by atoms with E-state index in [0.29, 0.717) is 28.5 Å². The molecule has 0 aliphatic carbocycles. The molecule has 28 heavy (non-hydrogen) atoms. The van der Waals surface area contributed by atoms with Crippen molar-refractivity contribution in [3.63, 3.8) is 0 Å². The maximum Gasteiger partial charge on any atom is 0.226 e. The second-order valence-electron chi connectivity index (χ2n) is 6.56. The number of halogens is 2. The molecule has 5 rings (SSSR count). The number of nitrogens with zero attached hydrogens (tertiary/aromatic N) is 6. The zero-order valence-electron chi connectivity index (χ0n) is 14.6. The van der Waals surface area contributed by atoms with Gasteiger partial charge in [-0.05, 0) is 42.8 Å². The third-order valence-corrected chi connectivity index (χ3v) is 4.80. The quantitative estimate of drug-likeness (QED) is 0.576. The molecule has 0 saturated carbocycles. The van der Waals surface area contributed by atoms with E-state index in [1.54, 1.807) is 19.1 Å². The van der Waals surface area contributed by atoms with Crippen molar-refractivity contribution in [3.8, 4) is 5.82 Å². The molecule has 0 unspecified atom stereocenters. The molecule has 0 radical (unpaired) electrons. The van der Waals surface area contributed by atoms with Crippen molar-refractivity contribution in [3.05, 3.63) is 65.1 Å². The summed E-state index contributed by atoms with van der Waals surface area (Å²) < 4.78 is 31.1. The van der Waals surface area contributed by atoms with Gasteiger partial charge in [0.1, 0.15) is 23.8 Å². The Hall–Kier alpha value is -3.69. The summed E-state index contributed by atoms with van der Waals surface area (Å²) in [4.78, 5) is 12.4. The van der Waals surface area contributed by atoms with Crippen LogP contribution in [0.25, 0.3) is 11.5 Å². The normalized spacial score (nSPS) is 16.2. The van der Waals surface area contributed by atoms with E-state index in [2.05, 4.69) is 25.7 Å². The van der Waals surface area contributed by atoms with E-state index in [1.165, 1.54) is 15.5 Å². The molecule has 1 aromatic carbocycles. The van der Waals surface area contributed by atoms with Crippen molar-refractivity contribution in [1.29, 1.82) is 0 Å². The maximum absolute atomic E-state index is 14.4. The maximum atomic E-state index is 14.4. The van der Waals surface area contributed by atoms with Crippen molar-refractivity contribution in [2.24, 2.45) is 0 Å². The molecule has 1 aliphatic rings. The van der Waals surface area contributed by atoms with Crippen LogP contribution in [0.2, 0.25) is 0 Å². The number of carbonyl (C=O) groups excluding carboxylic acids is 1. The zero-order chi connectivity index (χ0) is 19.4. The van der Waals surface area contributed by atoms with Crippen molar-refractivity contribution in [1.82, 2.24) is 29.6 Å². The van der Waals surface area contributed by atoms with Crippen molar-refractivity contribution < 1.29 is 13.6 Å². The third-order valence-electron chi connectivity index (χ3n) is 4.80. The zero-order valence-corrected chi connectivity index (χ0v) is 14.6. The second-order valence-corrected chi connectivity index (χ2v) is 6.56. The molecule has 0 bridgehead atoms. The molecule has 10 heteroatoms. The molecule has 8 nitrogen and oxygen atoms in total. The fraction of sp³-hybridized carbons (Fsp3) is 0.167. The monoisotopic (exact) mass is 381 g/mol. The van der Waals surface area contributed by atoms with Crippen LogP contribution in [-0.4, -0.2) is 35.5 Å². The first-order valence-electron chi connectivity index (χ1n) is 8.53. The molecule has 1 atom stereocenters. The minimum Gasteiger partial charge on any atom is -0.310 e. The summed E-state index contributed by atoms with van der Waals surface area (Å²) in [6.45, 7) is 1.76. The largest absolute Gasteiger partial charge is 0.310 e. The Morgan fingerprint density at radius 3 is 2.89 bits per heavy atom. The van der Waals surface area contributed by atoms with Gasteiger partial charge in [0, 0.05) is 17.9 Å². The number of fused-ring (bicyclic) bond motifs is 2. The second kappa shape index (κ2) is 5.91. The Balaban J connectivity index is 1.70. The van der Waals surface area contributed by atoms with E-state index in [9.17, 15) is 13.6 Å². The summed E-state index contributed by atoms with van der Waals surface area (Å²) in [5, 5.41) is 19.3. The minimum absolute atomic E-state index is 0.00217. The molecular formula is C18H13F2N7O. The number of nitrogens with one attached hydrogen (secondary N) is 1. The van der Waals surface area contributed by atoms with Gasteiger partial charge < -0.3 is 5.32 Å². The molecule has 0 fully saturated rings. The SMILES string of the molecule is Cc1nn(-c2ccc3nncn3n2)c2c1[C@H](c1cc(F)ccc1F)CC(=O)N2. The highest BCUT2D eigenvalue weighted by Crippen LogP contribution is 2.40. The molecule has 4 heterocycles. The van der Waals surface area contributed by atoms with E-state index < -0.39 is 17.6 Å². The van der Waals surface area contributed by atoms with Gasteiger partial charge in [-0.3, -0.25) is 4.79 Å². The van der Waals surface area contributed by atoms with Crippen LogP contribution in [0.3, 0.4) is 0 Å². The highest BCUT2D eigenvalue weighted by molar-refractivity contribution is 5.95. The lowest BCUT2D eigenvalue weighted by Gasteiger charge is -2.24. The summed E-state index contributed by atoms with van der Waals surface area (Å²) in [5.74, 6) is -1.27. The molecule has 3 aromatic heterocycles. The minimum atomic E-state index is -0.646. The number of aryl methyl sites for hydroxylation is 1. The number of amides is 1. The predicted molar refractivity (Wildman–Crippen MR) is 94.1 cm³/mol. The van der Waals surface area contributed by atoms with Gasteiger partial charge in [-0.25, -0.2) is 8.78 Å². The van der Waals surface area contributed by atoms with Crippen LogP contribution < -0.4 is 5.32 Å². The lowest BCUT2D eigenvalue weighted by atomic mass is 9.85. The van der Waals surface area contributed by atoms with E-state index in [1.807, 2.05) is 0 Å². The lowest BCUT2D eigenvalue weighted by Crippen LogP contribution is -2.25. The van der Waals surface area contributed by atoms with Crippen molar-refractivity contribution in [2.75, 3.05) is 5.32 Å². The van der Waals surface area contributed by atoms with Gasteiger partial charge in [-0.1, -0.05) is 0 Å². The first kappa shape index (κ1) is 16.5. The predicted octanol–water partition coefficient (Wildman–Crippen LogP) is 2.37. The van der Waals surface area contributed by atoms with Gasteiger partial charge in [-0.15, -0.1) is 15.3 Å². The molecule has 140 valence electrons. The van der Waals surface area contributed by atoms with Gasteiger partial charge in [-0.2, -0.15) is 14.3 Å². The number of carbonyl (C=O) groups is 1. The van der Waals surface area contributed by atoms with Gasteiger partial charge in [0.2, 0.25) is 5.91 Å². The molecule has 0 saturated heterocycles. The number of aromatic nitrogens is 6. The molecule has 1 aliphatic heterocycles. The molecule has 0 spiro atoms. The Bertz CT molecular complexity index is 1250. The van der Waals surface area contributed by atoms with Crippen LogP contribution in [-0.2, 0) is 4.79 Å². The topological polar surface area (TPSA) is 90.0 Å². The number of rotatable bonds is 2. The summed E-state index contributed by atoms with van der Waals surface area (Å²) in [5.41, 5.74) is 1.91. The van der Waals surface area contributed by atoms with Crippen LogP contribution in [0.1, 0.15) is 29.2 Å². The standard InChI is InChI=1S/C18H13F2N7O/c1-9-17-12(11-6-10(19)2-3-13(11)20)7-16(28)22-18(17)27(24-9)15-5-4-14-23-21-8-26(14)25-15/h2-6,8,12H,7H2,1H3,(H,22,28)/t12-/m0/s1. The summed E-state index contributed by atoms with van der Waals surface area (Å²) >= 11 is 0. The highest BCUT2D eigenvalue weighted by atomic mass is 19.1. The van der Waals surface area contributed by atoms with Crippen LogP contribution in [0.4, 0.5) is 14.6 Å². The first-order valence-corrected chi connectivity index (χ1v) is 8.53. The fourth-order valence-electron chi connectivity index (χ4n) is 3.59. The smallest absolute Gasteiger partial charge is 0.226 e. The van der Waals surface area contributed by atoms with Crippen LogP contribution in [0, 0.1) is 18.6 Å². The summed E-state index contributed by atoms with van der Waals surface area (Å²) in [6, 6.07) is 6.65. The van der Waals surface area contributed by atoms with E-state index in [-0.39, 0.29) is 17.9 Å². The average molecular weight is 381 g/mol. The van der Waals surface area contributed by atoms with E-state index in [0.717, 1.165) is 18.2 Å². The first-order chi connectivity index (χ1) is 13.5. The number of hydrogen-bond acceptors (Lipinski definition) is 5. The Kier molecular flexibility index (Phi) is 3.48. The van der Waals surface area contributed by atoms with Crippen molar-refractivity contribution >= 4 is 17.4 Å². The van der Waals surface area contributed by atoms with Gasteiger partial charge in [0.15, 0.2) is 11.5 Å². The Labute approximate surface area is 156 Å². The third kappa shape index (κ3) is 2.45. The van der Waals surface area contributed by atoms with Crippen LogP contribution in [0.15, 0.2) is 36.7 Å². The van der Waals surface area contributed by atoms with Crippen LogP contribution in [0.5, 0.6) is 0 Å².